The van der Waals surface area contributed by atoms with Crippen molar-refractivity contribution in [2.75, 3.05) is 13.7 Å². The van der Waals surface area contributed by atoms with E-state index in [2.05, 4.69) is 10.6 Å². The molecule has 9 heteroatoms. The Morgan fingerprint density at radius 2 is 1.86 bits per heavy atom. The lowest BCUT2D eigenvalue weighted by atomic mass is 9.96. The molecule has 1 amide bonds. The maximum Gasteiger partial charge on any atom is 0.323 e. The number of ether oxygens (including phenoxy) is 2. The Labute approximate surface area is 220 Å². The van der Waals surface area contributed by atoms with Crippen molar-refractivity contribution in [1.82, 2.24) is 15.5 Å². The Bertz CT molecular complexity index is 1170. The van der Waals surface area contributed by atoms with Crippen LogP contribution in [0.25, 0.3) is 0 Å². The number of halogens is 1. The summed E-state index contributed by atoms with van der Waals surface area (Å²) in [6.07, 6.45) is 8.14. The number of nitrogens with zero attached hydrogens (tertiary/aromatic N) is 1. The third-order valence-corrected chi connectivity index (χ3v) is 7.10. The van der Waals surface area contributed by atoms with Crippen molar-refractivity contribution >= 4 is 35.2 Å². The Morgan fingerprint density at radius 3 is 2.53 bits per heavy atom. The number of alkyl halides is 1. The molecule has 0 spiro atoms. The number of allylic oxidation sites excluding steroid dienone is 2. The molecule has 188 valence electrons. The van der Waals surface area contributed by atoms with Gasteiger partial charge in [0.05, 0.1) is 13.7 Å². The summed E-state index contributed by atoms with van der Waals surface area (Å²) in [5, 5.41) is 6.22. The van der Waals surface area contributed by atoms with Crippen LogP contribution >= 0.6 is 23.4 Å². The molecule has 0 saturated heterocycles. The monoisotopic (exact) mass is 525 g/mol. The molecule has 4 rings (SSSR count). The van der Waals surface area contributed by atoms with Crippen molar-refractivity contribution < 1.29 is 19.1 Å². The van der Waals surface area contributed by atoms with Gasteiger partial charge in [-0.3, -0.25) is 9.59 Å². The van der Waals surface area contributed by atoms with E-state index in [1.165, 1.54) is 11.8 Å². The highest BCUT2D eigenvalue weighted by molar-refractivity contribution is 8.05. The lowest BCUT2D eigenvalue weighted by molar-refractivity contribution is -0.156. The second-order valence-corrected chi connectivity index (χ2v) is 10.2. The molecule has 7 nitrogen and oxygen atoms in total. The maximum absolute atomic E-state index is 14.2. The standard InChI is InChI=1S/C27H28ClN3O4S/c1-18(19-9-4-3-5-10-19)35-26(33)24(20-11-8-12-21(15-20)34-2)25(32)31(23-13-6-7-14-29-23)17-22-16-30-27(28)36-22/h3-16,18,23-24,27,29-30H,17H2,1-2H3. The van der Waals surface area contributed by atoms with Crippen LogP contribution < -0.4 is 15.4 Å². The van der Waals surface area contributed by atoms with Gasteiger partial charge in [0.15, 0.2) is 10.8 Å². The van der Waals surface area contributed by atoms with Crippen molar-refractivity contribution in [2.24, 2.45) is 0 Å². The van der Waals surface area contributed by atoms with Crippen molar-refractivity contribution in [3.63, 3.8) is 0 Å². The van der Waals surface area contributed by atoms with Gasteiger partial charge in [0.25, 0.3) is 0 Å². The molecule has 0 fully saturated rings. The minimum Gasteiger partial charge on any atom is -0.497 e. The summed E-state index contributed by atoms with van der Waals surface area (Å²) >= 11 is 7.60. The zero-order valence-electron chi connectivity index (χ0n) is 20.0. The number of rotatable bonds is 9. The van der Waals surface area contributed by atoms with E-state index < -0.39 is 30.1 Å². The van der Waals surface area contributed by atoms with E-state index in [9.17, 15) is 9.59 Å². The van der Waals surface area contributed by atoms with Crippen LogP contribution in [0.2, 0.25) is 0 Å². The maximum atomic E-state index is 14.2. The van der Waals surface area contributed by atoms with Gasteiger partial charge in [-0.15, -0.1) is 0 Å². The summed E-state index contributed by atoms with van der Waals surface area (Å²) < 4.78 is 11.2. The third-order valence-electron chi connectivity index (χ3n) is 5.81. The number of dihydropyridines is 1. The molecule has 0 aromatic heterocycles. The Hall–Kier alpha value is -3.36. The second kappa shape index (κ2) is 12.1. The first-order chi connectivity index (χ1) is 17.5. The van der Waals surface area contributed by atoms with Crippen LogP contribution in [-0.2, 0) is 14.3 Å². The third kappa shape index (κ3) is 6.25. The number of carbonyl (C=O) groups excluding carboxylic acids is 2. The van der Waals surface area contributed by atoms with Crippen LogP contribution in [0.1, 0.15) is 30.1 Å². The van der Waals surface area contributed by atoms with Crippen LogP contribution in [0.15, 0.2) is 90.1 Å². The number of hydrogen-bond donors (Lipinski definition) is 2. The first-order valence-electron chi connectivity index (χ1n) is 11.5. The lowest BCUT2D eigenvalue weighted by Crippen LogP contribution is -2.50. The number of thioether (sulfide) groups is 1. The average Bonchev–Trinajstić information content (AvgIpc) is 3.33. The van der Waals surface area contributed by atoms with E-state index in [1.54, 1.807) is 55.6 Å². The smallest absolute Gasteiger partial charge is 0.323 e. The molecule has 2 heterocycles. The first-order valence-corrected chi connectivity index (χ1v) is 12.8. The van der Waals surface area contributed by atoms with Gasteiger partial charge in [0.2, 0.25) is 5.91 Å². The average molecular weight is 526 g/mol. The highest BCUT2D eigenvalue weighted by Gasteiger charge is 2.38. The highest BCUT2D eigenvalue weighted by atomic mass is 35.5. The van der Waals surface area contributed by atoms with Crippen molar-refractivity contribution in [1.29, 1.82) is 0 Å². The molecule has 2 N–H and O–H groups in total. The second-order valence-electron chi connectivity index (χ2n) is 8.23. The minimum absolute atomic E-state index is 0.261. The topological polar surface area (TPSA) is 79.9 Å². The van der Waals surface area contributed by atoms with Gasteiger partial charge in [-0.2, -0.15) is 0 Å². The first kappa shape index (κ1) is 25.7. The lowest BCUT2D eigenvalue weighted by Gasteiger charge is -2.34. The number of methoxy groups -OCH3 is 1. The van der Waals surface area contributed by atoms with Crippen LogP contribution in [0.5, 0.6) is 5.75 Å². The molecule has 2 aliphatic rings. The van der Waals surface area contributed by atoms with Gasteiger partial charge in [0, 0.05) is 11.1 Å². The summed E-state index contributed by atoms with van der Waals surface area (Å²) in [4.78, 5) is 30.0. The fourth-order valence-electron chi connectivity index (χ4n) is 3.95. The van der Waals surface area contributed by atoms with Gasteiger partial charge in [-0.25, -0.2) is 0 Å². The summed E-state index contributed by atoms with van der Waals surface area (Å²) in [7, 11) is 1.54. The van der Waals surface area contributed by atoms with E-state index >= 15 is 0 Å². The number of carbonyl (C=O) groups is 2. The summed E-state index contributed by atoms with van der Waals surface area (Å²) in [6.45, 7) is 2.05. The van der Waals surface area contributed by atoms with Gasteiger partial charge in [-0.1, -0.05) is 71.9 Å². The molecular formula is C27H28ClN3O4S. The zero-order valence-corrected chi connectivity index (χ0v) is 21.5. The molecule has 0 radical (unpaired) electrons. The van der Waals surface area contributed by atoms with Crippen molar-refractivity contribution in [3.8, 4) is 5.75 Å². The summed E-state index contributed by atoms with van der Waals surface area (Å²) in [5.74, 6) is -1.68. The molecular weight excluding hydrogens is 498 g/mol. The van der Waals surface area contributed by atoms with Crippen molar-refractivity contribution in [3.05, 3.63) is 101 Å². The molecule has 4 atom stereocenters. The predicted molar refractivity (Wildman–Crippen MR) is 142 cm³/mol. The Balaban J connectivity index is 1.67. The van der Waals surface area contributed by atoms with E-state index in [0.717, 1.165) is 10.5 Å². The number of amides is 1. The van der Waals surface area contributed by atoms with E-state index in [4.69, 9.17) is 21.1 Å². The van der Waals surface area contributed by atoms with Gasteiger partial charge >= 0.3 is 5.97 Å². The van der Waals surface area contributed by atoms with Crippen molar-refractivity contribution in [2.45, 2.75) is 29.9 Å². The van der Waals surface area contributed by atoms with Crippen LogP contribution in [0.4, 0.5) is 0 Å². The Kier molecular flexibility index (Phi) is 8.61. The van der Waals surface area contributed by atoms with E-state index in [0.29, 0.717) is 11.3 Å². The SMILES string of the molecule is COc1cccc(C(C(=O)OC(C)c2ccccc2)C(=O)N(CC2=CNC(Cl)S2)C2C=CC=CN2)c1. The highest BCUT2D eigenvalue weighted by Crippen LogP contribution is 2.32. The molecule has 2 aromatic carbocycles. The Morgan fingerprint density at radius 1 is 1.08 bits per heavy atom. The zero-order chi connectivity index (χ0) is 25.5. The largest absolute Gasteiger partial charge is 0.497 e. The number of hydrogen-bond acceptors (Lipinski definition) is 7. The normalized spacial score (nSPS) is 19.9. The quantitative estimate of drug-likeness (QED) is 0.214. The molecule has 0 bridgehead atoms. The van der Waals surface area contributed by atoms with Gasteiger partial charge < -0.3 is 25.0 Å². The van der Waals surface area contributed by atoms with Crippen LogP contribution in [0.3, 0.4) is 0 Å². The fourth-order valence-corrected chi connectivity index (χ4v) is 5.11. The molecule has 36 heavy (non-hydrogen) atoms. The minimum atomic E-state index is -1.20. The van der Waals surface area contributed by atoms with Crippen LogP contribution in [0, 0.1) is 0 Å². The van der Waals surface area contributed by atoms with Gasteiger partial charge in [0.1, 0.15) is 18.0 Å². The number of nitrogens with one attached hydrogen (secondary N) is 2. The summed E-state index contributed by atoms with van der Waals surface area (Å²) in [5.41, 5.74) is 1.33. The predicted octanol–water partition coefficient (Wildman–Crippen LogP) is 4.61. The van der Waals surface area contributed by atoms with Crippen LogP contribution in [-0.4, -0.2) is 41.4 Å². The van der Waals surface area contributed by atoms with E-state index in [1.807, 2.05) is 48.6 Å². The number of benzene rings is 2. The number of esters is 1. The molecule has 2 aromatic rings. The fraction of sp³-hybridized carbons (Fsp3) is 0.259. The molecule has 0 saturated carbocycles. The van der Waals surface area contributed by atoms with Gasteiger partial charge in [-0.05, 0) is 48.5 Å². The van der Waals surface area contributed by atoms with E-state index in [-0.39, 0.29) is 11.4 Å². The molecule has 0 aliphatic carbocycles. The summed E-state index contributed by atoms with van der Waals surface area (Å²) in [6, 6.07) is 16.4. The molecule has 2 aliphatic heterocycles. The molecule has 4 unspecified atom stereocenters.